The molecule has 0 atom stereocenters. The van der Waals surface area contributed by atoms with Gasteiger partial charge in [-0.1, -0.05) is 11.6 Å². The first-order valence-corrected chi connectivity index (χ1v) is 12.4. The van der Waals surface area contributed by atoms with Crippen molar-refractivity contribution in [3.05, 3.63) is 64.6 Å². The second kappa shape index (κ2) is 14.3. The molecule has 214 valence electrons. The maximum Gasteiger partial charge on any atom is 0.309 e. The van der Waals surface area contributed by atoms with Gasteiger partial charge in [-0.3, -0.25) is 14.7 Å². The summed E-state index contributed by atoms with van der Waals surface area (Å²) in [5, 5.41) is 11.5. The molecule has 12 heteroatoms. The molecule has 0 amide bonds. The van der Waals surface area contributed by atoms with Gasteiger partial charge in [-0.15, -0.1) is 24.8 Å². The number of fused-ring (bicyclic) bond motifs is 1. The van der Waals surface area contributed by atoms with E-state index in [-0.39, 0.29) is 31.4 Å². The van der Waals surface area contributed by atoms with Crippen molar-refractivity contribution in [1.29, 1.82) is 0 Å². The smallest absolute Gasteiger partial charge is 0.309 e. The molecular weight excluding hydrogens is 580 g/mol. The van der Waals surface area contributed by atoms with Crippen molar-refractivity contribution in [3.8, 4) is 11.5 Å². The fourth-order valence-corrected chi connectivity index (χ4v) is 5.13. The van der Waals surface area contributed by atoms with E-state index in [4.69, 9.17) is 21.1 Å². The van der Waals surface area contributed by atoms with E-state index in [1.165, 1.54) is 0 Å². The van der Waals surface area contributed by atoms with Crippen LogP contribution in [0.15, 0.2) is 36.5 Å². The molecule has 1 fully saturated rings. The van der Waals surface area contributed by atoms with E-state index in [0.29, 0.717) is 68.6 Å². The SMILES string of the molecule is COc1ccc2ncc(Cl)c(CCCC3(C(=O)O)CCN(CCOc4cc(F)cc(F)c4F)CC3)c2c1.Cl.Cl. The number of aryl methyl sites for hydroxylation is 1. The fourth-order valence-electron chi connectivity index (χ4n) is 4.88. The minimum atomic E-state index is -1.31. The lowest BCUT2D eigenvalue weighted by molar-refractivity contribution is -0.152. The summed E-state index contributed by atoms with van der Waals surface area (Å²) >= 11 is 6.45. The molecule has 3 aromatic rings. The van der Waals surface area contributed by atoms with E-state index in [9.17, 15) is 23.1 Å². The molecule has 0 bridgehead atoms. The van der Waals surface area contributed by atoms with Crippen LogP contribution in [0.4, 0.5) is 13.2 Å². The summed E-state index contributed by atoms with van der Waals surface area (Å²) in [6.07, 6.45) is 4.24. The molecule has 2 heterocycles. The Labute approximate surface area is 242 Å². The first-order chi connectivity index (χ1) is 17.7. The molecular formula is C27H30Cl3F3N2O4. The zero-order valence-corrected chi connectivity index (χ0v) is 23.6. The Morgan fingerprint density at radius 2 is 1.87 bits per heavy atom. The van der Waals surface area contributed by atoms with Crippen LogP contribution >= 0.6 is 36.4 Å². The summed E-state index contributed by atoms with van der Waals surface area (Å²) in [6, 6.07) is 6.85. The number of methoxy groups -OCH3 is 1. The van der Waals surface area contributed by atoms with Gasteiger partial charge in [0.1, 0.15) is 18.2 Å². The Hall–Kier alpha value is -2.46. The van der Waals surface area contributed by atoms with Crippen LogP contribution in [0.3, 0.4) is 0 Å². The number of aliphatic carboxylic acids is 1. The van der Waals surface area contributed by atoms with Gasteiger partial charge in [-0.25, -0.2) is 8.78 Å². The zero-order valence-electron chi connectivity index (χ0n) is 21.2. The van der Waals surface area contributed by atoms with Crippen LogP contribution < -0.4 is 9.47 Å². The third kappa shape index (κ3) is 7.60. The second-order valence-electron chi connectivity index (χ2n) is 9.30. The van der Waals surface area contributed by atoms with Crippen LogP contribution in [0.1, 0.15) is 31.2 Å². The highest BCUT2D eigenvalue weighted by atomic mass is 35.5. The lowest BCUT2D eigenvalue weighted by atomic mass is 9.74. The van der Waals surface area contributed by atoms with Crippen LogP contribution in [-0.2, 0) is 11.2 Å². The topological polar surface area (TPSA) is 71.9 Å². The number of carboxylic acids is 1. The Bertz CT molecular complexity index is 1290. The number of hydrogen-bond acceptors (Lipinski definition) is 5. The largest absolute Gasteiger partial charge is 0.497 e. The Morgan fingerprint density at radius 3 is 2.54 bits per heavy atom. The fraction of sp³-hybridized carbons (Fsp3) is 0.407. The predicted octanol–water partition coefficient (Wildman–Crippen LogP) is 6.73. The maximum absolute atomic E-state index is 13.8. The molecule has 4 rings (SSSR count). The summed E-state index contributed by atoms with van der Waals surface area (Å²) in [5.41, 5.74) is 0.855. The normalized spacial score (nSPS) is 14.8. The quantitative estimate of drug-likeness (QED) is 0.257. The molecule has 6 nitrogen and oxygen atoms in total. The summed E-state index contributed by atoms with van der Waals surface area (Å²) < 4.78 is 51.0. The minimum Gasteiger partial charge on any atom is -0.497 e. The lowest BCUT2D eigenvalue weighted by Gasteiger charge is -2.39. The molecule has 0 radical (unpaired) electrons. The van der Waals surface area contributed by atoms with Crippen molar-refractivity contribution >= 4 is 53.3 Å². The van der Waals surface area contributed by atoms with Crippen molar-refractivity contribution < 1.29 is 32.5 Å². The van der Waals surface area contributed by atoms with Gasteiger partial charge in [-0.05, 0) is 69.0 Å². The van der Waals surface area contributed by atoms with Crippen LogP contribution in [0.2, 0.25) is 5.02 Å². The maximum atomic E-state index is 13.8. The highest BCUT2D eigenvalue weighted by Crippen LogP contribution is 2.38. The number of aromatic nitrogens is 1. The molecule has 0 spiro atoms. The van der Waals surface area contributed by atoms with E-state index in [2.05, 4.69) is 4.98 Å². The standard InChI is InChI=1S/C27H28ClF3N2O4.2ClH/c1-36-18-4-5-23-20(15-18)19(21(28)16-32-23)3-2-6-27(26(34)35)7-9-33(10-8-27)11-12-37-24-14-17(29)13-22(30)25(24)31;;/h4-5,13-16H,2-3,6-12H2,1H3,(H,34,35);2*1H. The molecule has 1 aliphatic rings. The molecule has 0 unspecified atom stereocenters. The van der Waals surface area contributed by atoms with E-state index < -0.39 is 34.6 Å². The monoisotopic (exact) mass is 608 g/mol. The average molecular weight is 610 g/mol. The second-order valence-corrected chi connectivity index (χ2v) is 9.70. The van der Waals surface area contributed by atoms with Gasteiger partial charge in [0.05, 0.1) is 23.1 Å². The Balaban J connectivity index is 0.00000267. The van der Waals surface area contributed by atoms with E-state index in [0.717, 1.165) is 22.5 Å². The highest BCUT2D eigenvalue weighted by Gasteiger charge is 2.40. The summed E-state index contributed by atoms with van der Waals surface area (Å²) in [4.78, 5) is 18.7. The number of ether oxygens (including phenoxy) is 2. The number of benzene rings is 2. The molecule has 1 aromatic heterocycles. The highest BCUT2D eigenvalue weighted by molar-refractivity contribution is 6.32. The number of nitrogens with zero attached hydrogens (tertiary/aromatic N) is 2. The third-order valence-corrected chi connectivity index (χ3v) is 7.43. The lowest BCUT2D eigenvalue weighted by Crippen LogP contribution is -2.45. The summed E-state index contributed by atoms with van der Waals surface area (Å²) in [5.74, 6) is -4.06. The van der Waals surface area contributed by atoms with Crippen molar-refractivity contribution in [2.24, 2.45) is 5.41 Å². The molecule has 2 aromatic carbocycles. The molecule has 1 saturated heterocycles. The van der Waals surface area contributed by atoms with Crippen molar-refractivity contribution in [1.82, 2.24) is 9.88 Å². The number of halogens is 6. The first-order valence-electron chi connectivity index (χ1n) is 12.1. The van der Waals surface area contributed by atoms with Gasteiger partial charge in [0.2, 0.25) is 5.82 Å². The van der Waals surface area contributed by atoms with Gasteiger partial charge in [0.15, 0.2) is 11.6 Å². The number of hydrogen-bond donors (Lipinski definition) is 1. The van der Waals surface area contributed by atoms with Crippen LogP contribution in [0.25, 0.3) is 10.9 Å². The number of likely N-dealkylation sites (tertiary alicyclic amines) is 1. The number of piperidine rings is 1. The van der Waals surface area contributed by atoms with Gasteiger partial charge in [0, 0.05) is 30.3 Å². The van der Waals surface area contributed by atoms with Crippen molar-refractivity contribution in [2.75, 3.05) is 33.4 Å². The molecule has 1 aliphatic heterocycles. The minimum absolute atomic E-state index is 0. The number of carboxylic acid groups (broad SMARTS) is 1. The number of rotatable bonds is 10. The molecule has 0 saturated carbocycles. The van der Waals surface area contributed by atoms with Gasteiger partial charge in [-0.2, -0.15) is 4.39 Å². The Morgan fingerprint density at radius 1 is 1.15 bits per heavy atom. The third-order valence-electron chi connectivity index (χ3n) is 7.11. The molecule has 39 heavy (non-hydrogen) atoms. The van der Waals surface area contributed by atoms with Crippen LogP contribution in [0.5, 0.6) is 11.5 Å². The van der Waals surface area contributed by atoms with Crippen molar-refractivity contribution in [3.63, 3.8) is 0 Å². The van der Waals surface area contributed by atoms with Crippen LogP contribution in [-0.4, -0.2) is 54.3 Å². The molecule has 0 aliphatic carbocycles. The first kappa shape index (κ1) is 32.8. The number of carbonyl (C=O) groups is 1. The molecule has 1 N–H and O–H groups in total. The Kier molecular flexibility index (Phi) is 12.0. The van der Waals surface area contributed by atoms with Crippen molar-refractivity contribution in [2.45, 2.75) is 32.1 Å². The van der Waals surface area contributed by atoms with Gasteiger partial charge >= 0.3 is 5.97 Å². The summed E-state index contributed by atoms with van der Waals surface area (Å²) in [7, 11) is 1.59. The summed E-state index contributed by atoms with van der Waals surface area (Å²) in [6.45, 7) is 1.45. The van der Waals surface area contributed by atoms with Gasteiger partial charge in [0.25, 0.3) is 0 Å². The van der Waals surface area contributed by atoms with E-state index >= 15 is 0 Å². The predicted molar refractivity (Wildman–Crippen MR) is 148 cm³/mol. The average Bonchev–Trinajstić information content (AvgIpc) is 2.88. The van der Waals surface area contributed by atoms with Crippen LogP contribution in [0, 0.1) is 22.9 Å². The number of pyridine rings is 1. The van der Waals surface area contributed by atoms with E-state index in [1.807, 2.05) is 23.1 Å². The van der Waals surface area contributed by atoms with Gasteiger partial charge < -0.3 is 14.6 Å². The van der Waals surface area contributed by atoms with E-state index in [1.54, 1.807) is 13.3 Å². The zero-order chi connectivity index (χ0) is 26.6.